The minimum Gasteiger partial charge on any atom is -0.355 e. The van der Waals surface area contributed by atoms with Crippen molar-refractivity contribution in [2.75, 3.05) is 12.3 Å². The molecule has 0 fully saturated rings. The van der Waals surface area contributed by atoms with Crippen molar-refractivity contribution in [1.29, 1.82) is 0 Å². The second kappa shape index (κ2) is 8.81. The standard InChI is InChI=1S/C17H17ClFNOS/c18-15-7-6-14(16(19)11-15)10-17(21)20-8-9-22-12-13-4-2-1-3-5-13/h1-7,11H,8-10,12H2,(H,20,21). The fourth-order valence-corrected chi connectivity index (χ4v) is 2.91. The molecular weight excluding hydrogens is 321 g/mol. The fraction of sp³-hybridized carbons (Fsp3) is 0.235. The topological polar surface area (TPSA) is 29.1 Å². The van der Waals surface area contributed by atoms with Crippen LogP contribution in [0.2, 0.25) is 5.02 Å². The van der Waals surface area contributed by atoms with Crippen LogP contribution in [0.3, 0.4) is 0 Å². The third-order valence-corrected chi connectivity index (χ3v) is 4.31. The quantitative estimate of drug-likeness (QED) is 0.772. The summed E-state index contributed by atoms with van der Waals surface area (Å²) >= 11 is 7.43. The Morgan fingerprint density at radius 1 is 1.18 bits per heavy atom. The van der Waals surface area contributed by atoms with Crippen LogP contribution in [0, 0.1) is 5.82 Å². The molecule has 5 heteroatoms. The second-order valence-corrected chi connectivity index (χ2v) is 6.34. The van der Waals surface area contributed by atoms with Crippen LogP contribution in [-0.4, -0.2) is 18.2 Å². The summed E-state index contributed by atoms with van der Waals surface area (Å²) < 4.78 is 13.6. The van der Waals surface area contributed by atoms with Gasteiger partial charge in [0.05, 0.1) is 6.42 Å². The summed E-state index contributed by atoms with van der Waals surface area (Å²) in [5.41, 5.74) is 1.63. The van der Waals surface area contributed by atoms with Crippen molar-refractivity contribution in [2.24, 2.45) is 0 Å². The maximum absolute atomic E-state index is 13.6. The first-order chi connectivity index (χ1) is 10.6. The first-order valence-corrected chi connectivity index (χ1v) is 8.51. The smallest absolute Gasteiger partial charge is 0.224 e. The van der Waals surface area contributed by atoms with Crippen LogP contribution < -0.4 is 5.32 Å². The number of benzene rings is 2. The van der Waals surface area contributed by atoms with Crippen molar-refractivity contribution < 1.29 is 9.18 Å². The number of halogens is 2. The largest absolute Gasteiger partial charge is 0.355 e. The van der Waals surface area contributed by atoms with E-state index in [1.807, 2.05) is 18.2 Å². The molecule has 2 nitrogen and oxygen atoms in total. The minimum absolute atomic E-state index is 0.0341. The lowest BCUT2D eigenvalue weighted by molar-refractivity contribution is -0.120. The van der Waals surface area contributed by atoms with Gasteiger partial charge in [-0.3, -0.25) is 4.79 Å². The zero-order valence-electron chi connectivity index (χ0n) is 12.0. The van der Waals surface area contributed by atoms with Gasteiger partial charge in [0, 0.05) is 23.1 Å². The van der Waals surface area contributed by atoms with Gasteiger partial charge in [0.1, 0.15) is 5.82 Å². The van der Waals surface area contributed by atoms with Gasteiger partial charge in [-0.05, 0) is 23.3 Å². The molecule has 0 radical (unpaired) electrons. The van der Waals surface area contributed by atoms with Gasteiger partial charge < -0.3 is 5.32 Å². The molecule has 0 aliphatic heterocycles. The highest BCUT2D eigenvalue weighted by atomic mass is 35.5. The number of rotatable bonds is 7. The monoisotopic (exact) mass is 337 g/mol. The molecule has 0 spiro atoms. The molecule has 0 atom stereocenters. The average Bonchev–Trinajstić information content (AvgIpc) is 2.51. The van der Waals surface area contributed by atoms with Gasteiger partial charge in [-0.25, -0.2) is 4.39 Å². The molecule has 0 heterocycles. The van der Waals surface area contributed by atoms with E-state index in [9.17, 15) is 9.18 Å². The fourth-order valence-electron chi connectivity index (χ4n) is 1.93. The predicted octanol–water partition coefficient (Wildman–Crippen LogP) is 4.07. The van der Waals surface area contributed by atoms with Crippen molar-refractivity contribution in [2.45, 2.75) is 12.2 Å². The molecule has 1 N–H and O–H groups in total. The second-order valence-electron chi connectivity index (χ2n) is 4.80. The van der Waals surface area contributed by atoms with Crippen molar-refractivity contribution >= 4 is 29.3 Å². The summed E-state index contributed by atoms with van der Waals surface area (Å²) in [6, 6.07) is 14.5. The third-order valence-electron chi connectivity index (χ3n) is 3.05. The first kappa shape index (κ1) is 16.8. The van der Waals surface area contributed by atoms with Gasteiger partial charge in [-0.2, -0.15) is 11.8 Å². The molecule has 0 unspecified atom stereocenters. The van der Waals surface area contributed by atoms with Gasteiger partial charge in [-0.15, -0.1) is 0 Å². The van der Waals surface area contributed by atoms with E-state index in [0.29, 0.717) is 17.1 Å². The van der Waals surface area contributed by atoms with E-state index in [-0.39, 0.29) is 12.3 Å². The Bertz CT molecular complexity index is 621. The molecule has 2 rings (SSSR count). The van der Waals surface area contributed by atoms with E-state index >= 15 is 0 Å². The van der Waals surface area contributed by atoms with E-state index < -0.39 is 5.82 Å². The summed E-state index contributed by atoms with van der Waals surface area (Å²) in [6.45, 7) is 0.575. The highest BCUT2D eigenvalue weighted by molar-refractivity contribution is 7.98. The number of thioether (sulfide) groups is 1. The van der Waals surface area contributed by atoms with Crippen LogP contribution in [0.5, 0.6) is 0 Å². The van der Waals surface area contributed by atoms with E-state index in [4.69, 9.17) is 11.6 Å². The van der Waals surface area contributed by atoms with Gasteiger partial charge in [0.15, 0.2) is 0 Å². The lowest BCUT2D eigenvalue weighted by Crippen LogP contribution is -2.27. The molecule has 116 valence electrons. The van der Waals surface area contributed by atoms with Crippen molar-refractivity contribution in [3.05, 3.63) is 70.5 Å². The van der Waals surface area contributed by atoms with Crippen LogP contribution in [0.1, 0.15) is 11.1 Å². The highest BCUT2D eigenvalue weighted by Crippen LogP contribution is 2.15. The molecule has 0 aromatic heterocycles. The van der Waals surface area contributed by atoms with E-state index in [1.165, 1.54) is 11.6 Å². The summed E-state index contributed by atoms with van der Waals surface area (Å²) in [7, 11) is 0. The molecule has 2 aromatic rings. The number of amides is 1. The number of nitrogens with one attached hydrogen (secondary N) is 1. The SMILES string of the molecule is O=C(Cc1ccc(Cl)cc1F)NCCSCc1ccccc1. The number of hydrogen-bond acceptors (Lipinski definition) is 2. The summed E-state index contributed by atoms with van der Waals surface area (Å²) in [5, 5.41) is 3.13. The lowest BCUT2D eigenvalue weighted by Gasteiger charge is -2.06. The van der Waals surface area contributed by atoms with E-state index in [0.717, 1.165) is 11.5 Å². The molecule has 1 amide bonds. The Morgan fingerprint density at radius 3 is 2.68 bits per heavy atom. The number of carbonyl (C=O) groups is 1. The van der Waals surface area contributed by atoms with Gasteiger partial charge in [0.2, 0.25) is 5.91 Å². The maximum atomic E-state index is 13.6. The Labute approximate surface area is 139 Å². The zero-order chi connectivity index (χ0) is 15.8. The van der Waals surface area contributed by atoms with E-state index in [1.54, 1.807) is 23.9 Å². The number of hydrogen-bond donors (Lipinski definition) is 1. The molecule has 0 saturated heterocycles. The Morgan fingerprint density at radius 2 is 1.95 bits per heavy atom. The normalized spacial score (nSPS) is 10.5. The molecule has 0 aliphatic rings. The molecule has 0 aliphatic carbocycles. The van der Waals surface area contributed by atoms with Crippen molar-refractivity contribution in [3.8, 4) is 0 Å². The molecule has 2 aromatic carbocycles. The lowest BCUT2D eigenvalue weighted by atomic mass is 10.1. The Hall–Kier alpha value is -1.52. The van der Waals surface area contributed by atoms with Crippen LogP contribution in [-0.2, 0) is 17.0 Å². The molecule has 0 saturated carbocycles. The Balaban J connectivity index is 1.65. The van der Waals surface area contributed by atoms with Crippen molar-refractivity contribution in [3.63, 3.8) is 0 Å². The van der Waals surface area contributed by atoms with Crippen molar-refractivity contribution in [1.82, 2.24) is 5.32 Å². The molecular formula is C17H17ClFNOS. The van der Waals surface area contributed by atoms with Crippen LogP contribution in [0.15, 0.2) is 48.5 Å². The number of carbonyl (C=O) groups excluding carboxylic acids is 1. The first-order valence-electron chi connectivity index (χ1n) is 6.97. The third kappa shape index (κ3) is 5.70. The van der Waals surface area contributed by atoms with Crippen LogP contribution >= 0.6 is 23.4 Å². The molecule has 0 bridgehead atoms. The van der Waals surface area contributed by atoms with Crippen LogP contribution in [0.25, 0.3) is 0 Å². The summed E-state index contributed by atoms with van der Waals surface area (Å²) in [6.07, 6.45) is 0.0341. The average molecular weight is 338 g/mol. The van der Waals surface area contributed by atoms with Crippen LogP contribution in [0.4, 0.5) is 4.39 Å². The predicted molar refractivity (Wildman–Crippen MR) is 90.7 cm³/mol. The highest BCUT2D eigenvalue weighted by Gasteiger charge is 2.08. The Kier molecular flexibility index (Phi) is 6.74. The minimum atomic E-state index is -0.443. The maximum Gasteiger partial charge on any atom is 0.224 e. The van der Waals surface area contributed by atoms with Gasteiger partial charge in [0.25, 0.3) is 0 Å². The summed E-state index contributed by atoms with van der Waals surface area (Å²) in [5.74, 6) is 1.12. The zero-order valence-corrected chi connectivity index (χ0v) is 13.6. The molecule has 22 heavy (non-hydrogen) atoms. The van der Waals surface area contributed by atoms with Gasteiger partial charge >= 0.3 is 0 Å². The summed E-state index contributed by atoms with van der Waals surface area (Å²) in [4.78, 5) is 11.8. The van der Waals surface area contributed by atoms with Gasteiger partial charge in [-0.1, -0.05) is 48.0 Å². The van der Waals surface area contributed by atoms with E-state index in [2.05, 4.69) is 17.4 Å².